The molecule has 0 aromatic heterocycles. The van der Waals surface area contributed by atoms with E-state index in [1.807, 2.05) is 20.8 Å². The van der Waals surface area contributed by atoms with Crippen LogP contribution in [0.15, 0.2) is 0 Å². The van der Waals surface area contributed by atoms with E-state index in [4.69, 9.17) is 0 Å². The van der Waals surface area contributed by atoms with Crippen molar-refractivity contribution in [1.29, 1.82) is 0 Å². The highest BCUT2D eigenvalue weighted by molar-refractivity contribution is 5.95. The number of nitrogens with one attached hydrogen (secondary N) is 1. The Morgan fingerprint density at radius 2 is 1.94 bits per heavy atom. The molecule has 1 aliphatic carbocycles. The minimum Gasteiger partial charge on any atom is -0.345 e. The Morgan fingerprint density at radius 1 is 1.31 bits per heavy atom. The van der Waals surface area contributed by atoms with E-state index in [0.29, 0.717) is 5.92 Å². The van der Waals surface area contributed by atoms with Crippen molar-refractivity contribution in [2.24, 2.45) is 11.3 Å². The molecule has 1 aliphatic heterocycles. The topological polar surface area (TPSA) is 49.4 Å². The van der Waals surface area contributed by atoms with Gasteiger partial charge in [-0.2, -0.15) is 0 Å². The third-order valence-corrected chi connectivity index (χ3v) is 3.27. The van der Waals surface area contributed by atoms with Gasteiger partial charge in [-0.3, -0.25) is 9.59 Å². The van der Waals surface area contributed by atoms with Gasteiger partial charge < -0.3 is 10.2 Å². The second kappa shape index (κ2) is 3.75. The molecule has 0 aromatic rings. The van der Waals surface area contributed by atoms with Crippen LogP contribution < -0.4 is 5.32 Å². The van der Waals surface area contributed by atoms with Gasteiger partial charge in [-0.25, -0.2) is 0 Å². The van der Waals surface area contributed by atoms with E-state index in [0.717, 1.165) is 6.54 Å². The van der Waals surface area contributed by atoms with Crippen molar-refractivity contribution in [2.75, 3.05) is 13.1 Å². The largest absolute Gasteiger partial charge is 0.345 e. The van der Waals surface area contributed by atoms with E-state index in [1.54, 1.807) is 4.90 Å². The second-order valence-corrected chi connectivity index (χ2v) is 5.98. The van der Waals surface area contributed by atoms with Crippen LogP contribution in [0.25, 0.3) is 0 Å². The van der Waals surface area contributed by atoms with Gasteiger partial charge in [-0.05, 0) is 24.2 Å². The summed E-state index contributed by atoms with van der Waals surface area (Å²) in [6, 6.07) is -0.311. The van der Waals surface area contributed by atoms with Crippen molar-refractivity contribution in [2.45, 2.75) is 39.7 Å². The SMILES string of the molecule is CC(C)(C)C1C(=O)NCC(=O)N1CC1CC1. The van der Waals surface area contributed by atoms with Crippen LogP contribution in [0, 0.1) is 11.3 Å². The highest BCUT2D eigenvalue weighted by Gasteiger charge is 2.43. The Kier molecular flexibility index (Phi) is 2.68. The monoisotopic (exact) mass is 224 g/mol. The lowest BCUT2D eigenvalue weighted by atomic mass is 9.83. The molecule has 2 amide bonds. The van der Waals surface area contributed by atoms with Crippen LogP contribution in [0.4, 0.5) is 0 Å². The van der Waals surface area contributed by atoms with Gasteiger partial charge in [-0.1, -0.05) is 20.8 Å². The smallest absolute Gasteiger partial charge is 0.243 e. The number of amides is 2. The molecule has 1 heterocycles. The number of hydrogen-bond acceptors (Lipinski definition) is 2. The van der Waals surface area contributed by atoms with Crippen molar-refractivity contribution < 1.29 is 9.59 Å². The highest BCUT2D eigenvalue weighted by atomic mass is 16.2. The van der Waals surface area contributed by atoms with E-state index < -0.39 is 0 Å². The molecule has 0 spiro atoms. The molecule has 16 heavy (non-hydrogen) atoms. The first-order chi connectivity index (χ1) is 7.39. The zero-order chi connectivity index (χ0) is 11.9. The van der Waals surface area contributed by atoms with Gasteiger partial charge in [0.2, 0.25) is 11.8 Å². The Morgan fingerprint density at radius 3 is 2.44 bits per heavy atom. The predicted octanol–water partition coefficient (Wildman–Crippen LogP) is 0.769. The minimum atomic E-state index is -0.311. The predicted molar refractivity (Wildman–Crippen MR) is 60.7 cm³/mol. The van der Waals surface area contributed by atoms with Crippen LogP contribution in [0.1, 0.15) is 33.6 Å². The summed E-state index contributed by atoms with van der Waals surface area (Å²) >= 11 is 0. The molecular weight excluding hydrogens is 204 g/mol. The summed E-state index contributed by atoms with van der Waals surface area (Å²) in [7, 11) is 0. The zero-order valence-electron chi connectivity index (χ0n) is 10.2. The molecule has 1 unspecified atom stereocenters. The Balaban J connectivity index is 2.18. The molecular formula is C12H20N2O2. The maximum Gasteiger partial charge on any atom is 0.243 e. The van der Waals surface area contributed by atoms with Gasteiger partial charge in [0, 0.05) is 6.54 Å². The molecule has 1 saturated carbocycles. The quantitative estimate of drug-likeness (QED) is 0.753. The molecule has 1 N–H and O–H groups in total. The Bertz CT molecular complexity index is 315. The van der Waals surface area contributed by atoms with Gasteiger partial charge in [0.1, 0.15) is 6.04 Å². The summed E-state index contributed by atoms with van der Waals surface area (Å²) in [5.41, 5.74) is -0.199. The fraction of sp³-hybridized carbons (Fsp3) is 0.833. The third kappa shape index (κ3) is 2.20. The summed E-state index contributed by atoms with van der Waals surface area (Å²) in [6.07, 6.45) is 2.39. The summed E-state index contributed by atoms with van der Waals surface area (Å²) in [5.74, 6) is 0.680. The van der Waals surface area contributed by atoms with Gasteiger partial charge in [0.15, 0.2) is 0 Å². The fourth-order valence-corrected chi connectivity index (χ4v) is 2.29. The van der Waals surface area contributed by atoms with Crippen LogP contribution in [-0.2, 0) is 9.59 Å². The second-order valence-electron chi connectivity index (χ2n) is 5.98. The van der Waals surface area contributed by atoms with Crippen molar-refractivity contribution in [1.82, 2.24) is 10.2 Å². The number of carbonyl (C=O) groups excluding carboxylic acids is 2. The first-order valence-corrected chi connectivity index (χ1v) is 5.97. The highest BCUT2D eigenvalue weighted by Crippen LogP contribution is 2.34. The standard InChI is InChI=1S/C12H20N2O2/c1-12(2,3)10-11(16)13-6-9(15)14(10)7-8-4-5-8/h8,10H,4-7H2,1-3H3,(H,13,16). The molecule has 4 nitrogen and oxygen atoms in total. The number of carbonyl (C=O) groups is 2. The maximum atomic E-state index is 11.9. The maximum absolute atomic E-state index is 11.9. The van der Waals surface area contributed by atoms with E-state index >= 15 is 0 Å². The van der Waals surface area contributed by atoms with E-state index in [9.17, 15) is 9.59 Å². The molecule has 0 bridgehead atoms. The number of nitrogens with zero attached hydrogens (tertiary/aromatic N) is 1. The molecule has 2 fully saturated rings. The lowest BCUT2D eigenvalue weighted by Crippen LogP contribution is -2.63. The minimum absolute atomic E-state index is 0.00671. The first-order valence-electron chi connectivity index (χ1n) is 5.97. The number of hydrogen-bond donors (Lipinski definition) is 1. The first kappa shape index (κ1) is 11.4. The average molecular weight is 224 g/mol. The van der Waals surface area contributed by atoms with Crippen LogP contribution in [-0.4, -0.2) is 35.8 Å². The molecule has 2 rings (SSSR count). The van der Waals surface area contributed by atoms with E-state index in [1.165, 1.54) is 12.8 Å². The van der Waals surface area contributed by atoms with Crippen molar-refractivity contribution >= 4 is 11.8 Å². The molecule has 4 heteroatoms. The Labute approximate surface area is 96.4 Å². The fourth-order valence-electron chi connectivity index (χ4n) is 2.29. The molecule has 1 atom stereocenters. The van der Waals surface area contributed by atoms with Gasteiger partial charge in [0.25, 0.3) is 0 Å². The summed E-state index contributed by atoms with van der Waals surface area (Å²) in [4.78, 5) is 25.6. The van der Waals surface area contributed by atoms with Crippen molar-refractivity contribution in [3.8, 4) is 0 Å². The molecule has 2 aliphatic rings. The lowest BCUT2D eigenvalue weighted by molar-refractivity contribution is -0.150. The van der Waals surface area contributed by atoms with E-state index in [-0.39, 0.29) is 29.8 Å². The van der Waals surface area contributed by atoms with Crippen LogP contribution >= 0.6 is 0 Å². The van der Waals surface area contributed by atoms with Gasteiger partial charge >= 0.3 is 0 Å². The van der Waals surface area contributed by atoms with Gasteiger partial charge in [-0.15, -0.1) is 0 Å². The van der Waals surface area contributed by atoms with Crippen LogP contribution in [0.5, 0.6) is 0 Å². The zero-order valence-corrected chi connectivity index (χ0v) is 10.2. The van der Waals surface area contributed by atoms with Crippen molar-refractivity contribution in [3.63, 3.8) is 0 Å². The lowest BCUT2D eigenvalue weighted by Gasteiger charge is -2.42. The number of piperazine rings is 1. The molecule has 1 saturated heterocycles. The summed E-state index contributed by atoms with van der Waals surface area (Å²) in [5, 5.41) is 2.68. The van der Waals surface area contributed by atoms with Crippen molar-refractivity contribution in [3.05, 3.63) is 0 Å². The number of rotatable bonds is 2. The summed E-state index contributed by atoms with van der Waals surface area (Å²) < 4.78 is 0. The van der Waals surface area contributed by atoms with Crippen LogP contribution in [0.3, 0.4) is 0 Å². The molecule has 90 valence electrons. The van der Waals surface area contributed by atoms with Crippen LogP contribution in [0.2, 0.25) is 0 Å². The Hall–Kier alpha value is -1.06. The van der Waals surface area contributed by atoms with E-state index in [2.05, 4.69) is 5.32 Å². The normalized spacial score (nSPS) is 26.9. The summed E-state index contributed by atoms with van der Waals surface area (Å²) in [6.45, 7) is 6.95. The molecule has 0 radical (unpaired) electrons. The average Bonchev–Trinajstić information content (AvgIpc) is 2.93. The molecule has 0 aromatic carbocycles. The third-order valence-electron chi connectivity index (χ3n) is 3.27. The van der Waals surface area contributed by atoms with Gasteiger partial charge in [0.05, 0.1) is 6.54 Å².